The van der Waals surface area contributed by atoms with E-state index in [-0.39, 0.29) is 0 Å². The second kappa shape index (κ2) is 2.23. The van der Waals surface area contributed by atoms with Crippen LogP contribution in [0.1, 0.15) is 25.5 Å². The minimum Gasteiger partial charge on any atom is -0.484 e. The van der Waals surface area contributed by atoms with Gasteiger partial charge < -0.3 is 9.84 Å². The molecule has 1 aliphatic heterocycles. The summed E-state index contributed by atoms with van der Waals surface area (Å²) < 4.78 is 5.56. The SMILES string of the molecule is CC1(C)Oc2ccccc2[C@@H]1O. The molecule has 0 radical (unpaired) electrons. The number of para-hydroxylation sites is 1. The molecule has 0 fully saturated rings. The molecule has 0 unspecified atom stereocenters. The molecule has 1 aromatic carbocycles. The molecule has 0 aromatic heterocycles. The Morgan fingerprint density at radius 3 is 2.67 bits per heavy atom. The first-order valence-corrected chi connectivity index (χ1v) is 4.07. The van der Waals surface area contributed by atoms with Crippen LogP contribution in [0.2, 0.25) is 0 Å². The summed E-state index contributed by atoms with van der Waals surface area (Å²) in [5.74, 6) is 0.801. The lowest BCUT2D eigenvalue weighted by molar-refractivity contribution is 0.000556. The molecular formula is C10H12O2. The van der Waals surface area contributed by atoms with E-state index in [4.69, 9.17) is 4.74 Å². The molecule has 0 aliphatic carbocycles. The van der Waals surface area contributed by atoms with Crippen LogP contribution in [0.3, 0.4) is 0 Å². The maximum absolute atomic E-state index is 9.78. The summed E-state index contributed by atoms with van der Waals surface area (Å²) in [6.45, 7) is 3.77. The number of fused-ring (bicyclic) bond motifs is 1. The largest absolute Gasteiger partial charge is 0.484 e. The molecule has 2 rings (SSSR count). The van der Waals surface area contributed by atoms with Crippen LogP contribution in [-0.4, -0.2) is 10.7 Å². The fourth-order valence-corrected chi connectivity index (χ4v) is 1.51. The Morgan fingerprint density at radius 1 is 1.33 bits per heavy atom. The number of hydrogen-bond acceptors (Lipinski definition) is 2. The molecule has 1 N–H and O–H groups in total. The van der Waals surface area contributed by atoms with E-state index in [1.54, 1.807) is 0 Å². The highest BCUT2D eigenvalue weighted by atomic mass is 16.5. The quantitative estimate of drug-likeness (QED) is 0.634. The van der Waals surface area contributed by atoms with Crippen molar-refractivity contribution >= 4 is 0 Å². The maximum Gasteiger partial charge on any atom is 0.133 e. The molecule has 2 heteroatoms. The van der Waals surface area contributed by atoms with Crippen molar-refractivity contribution in [2.24, 2.45) is 0 Å². The first-order chi connectivity index (χ1) is 5.61. The van der Waals surface area contributed by atoms with Gasteiger partial charge in [-0.3, -0.25) is 0 Å². The van der Waals surface area contributed by atoms with Gasteiger partial charge in [-0.1, -0.05) is 18.2 Å². The van der Waals surface area contributed by atoms with E-state index in [0.717, 1.165) is 11.3 Å². The van der Waals surface area contributed by atoms with Crippen molar-refractivity contribution < 1.29 is 9.84 Å². The normalized spacial score (nSPS) is 24.8. The third-order valence-corrected chi connectivity index (χ3v) is 2.25. The van der Waals surface area contributed by atoms with Crippen LogP contribution in [0.25, 0.3) is 0 Å². The predicted molar refractivity (Wildman–Crippen MR) is 46.1 cm³/mol. The summed E-state index contributed by atoms with van der Waals surface area (Å²) in [6.07, 6.45) is -0.506. The molecule has 0 saturated carbocycles. The number of aliphatic hydroxyl groups is 1. The van der Waals surface area contributed by atoms with Crippen molar-refractivity contribution in [1.29, 1.82) is 0 Å². The molecule has 0 amide bonds. The fraction of sp³-hybridized carbons (Fsp3) is 0.400. The third kappa shape index (κ3) is 0.916. The van der Waals surface area contributed by atoms with Crippen LogP contribution < -0.4 is 4.74 Å². The average molecular weight is 164 g/mol. The molecule has 12 heavy (non-hydrogen) atoms. The van der Waals surface area contributed by atoms with Gasteiger partial charge in [0, 0.05) is 5.56 Å². The molecule has 0 saturated heterocycles. The van der Waals surface area contributed by atoms with Crippen LogP contribution in [0.4, 0.5) is 0 Å². The fourth-order valence-electron chi connectivity index (χ4n) is 1.51. The van der Waals surface area contributed by atoms with E-state index < -0.39 is 11.7 Å². The molecule has 1 aromatic rings. The molecule has 1 heterocycles. The number of benzene rings is 1. The summed E-state index contributed by atoms with van der Waals surface area (Å²) in [4.78, 5) is 0. The molecule has 1 atom stereocenters. The van der Waals surface area contributed by atoms with Crippen LogP contribution >= 0.6 is 0 Å². The smallest absolute Gasteiger partial charge is 0.133 e. The summed E-state index contributed by atoms with van der Waals surface area (Å²) in [7, 11) is 0. The highest BCUT2D eigenvalue weighted by Crippen LogP contribution is 2.42. The Labute approximate surface area is 71.8 Å². The molecule has 1 aliphatic rings. The minimum atomic E-state index is -0.506. The Balaban J connectivity index is 2.49. The summed E-state index contributed by atoms with van der Waals surface area (Å²) in [5, 5.41) is 9.78. The van der Waals surface area contributed by atoms with Crippen molar-refractivity contribution in [3.8, 4) is 5.75 Å². The zero-order valence-electron chi connectivity index (χ0n) is 7.24. The van der Waals surface area contributed by atoms with Gasteiger partial charge in [0.2, 0.25) is 0 Å². The number of hydrogen-bond donors (Lipinski definition) is 1. The van der Waals surface area contributed by atoms with E-state index in [9.17, 15) is 5.11 Å². The van der Waals surface area contributed by atoms with Crippen molar-refractivity contribution in [3.05, 3.63) is 29.8 Å². The first-order valence-electron chi connectivity index (χ1n) is 4.07. The second-order valence-electron chi connectivity index (χ2n) is 3.65. The molecule has 2 nitrogen and oxygen atoms in total. The molecular weight excluding hydrogens is 152 g/mol. The van der Waals surface area contributed by atoms with Gasteiger partial charge in [0.25, 0.3) is 0 Å². The zero-order valence-corrected chi connectivity index (χ0v) is 7.24. The first kappa shape index (κ1) is 7.62. The van der Waals surface area contributed by atoms with E-state index in [1.807, 2.05) is 38.1 Å². The van der Waals surface area contributed by atoms with Crippen molar-refractivity contribution in [2.45, 2.75) is 25.6 Å². The van der Waals surface area contributed by atoms with E-state index in [1.165, 1.54) is 0 Å². The Morgan fingerprint density at radius 2 is 2.00 bits per heavy atom. The topological polar surface area (TPSA) is 29.5 Å². The molecule has 64 valence electrons. The summed E-state index contributed by atoms with van der Waals surface area (Å²) in [5.41, 5.74) is 0.409. The lowest BCUT2D eigenvalue weighted by Gasteiger charge is -2.21. The molecule has 0 spiro atoms. The third-order valence-electron chi connectivity index (χ3n) is 2.25. The Hall–Kier alpha value is -1.02. The highest BCUT2D eigenvalue weighted by molar-refractivity contribution is 5.40. The van der Waals surface area contributed by atoms with Gasteiger partial charge in [-0.05, 0) is 19.9 Å². The van der Waals surface area contributed by atoms with E-state index in [0.29, 0.717) is 0 Å². The average Bonchev–Trinajstić information content (AvgIpc) is 2.24. The van der Waals surface area contributed by atoms with Crippen LogP contribution in [0.5, 0.6) is 5.75 Å². The lowest BCUT2D eigenvalue weighted by atomic mass is 9.98. The number of ether oxygens (including phenoxy) is 1. The van der Waals surface area contributed by atoms with Crippen molar-refractivity contribution in [2.75, 3.05) is 0 Å². The van der Waals surface area contributed by atoms with Gasteiger partial charge in [-0.25, -0.2) is 0 Å². The van der Waals surface area contributed by atoms with Gasteiger partial charge in [-0.2, -0.15) is 0 Å². The van der Waals surface area contributed by atoms with Crippen molar-refractivity contribution in [1.82, 2.24) is 0 Å². The van der Waals surface area contributed by atoms with Gasteiger partial charge in [0.05, 0.1) is 0 Å². The number of rotatable bonds is 0. The predicted octanol–water partition coefficient (Wildman–Crippen LogP) is 1.89. The summed E-state index contributed by atoms with van der Waals surface area (Å²) in [6, 6.07) is 7.60. The number of aliphatic hydroxyl groups excluding tert-OH is 1. The van der Waals surface area contributed by atoms with E-state index >= 15 is 0 Å². The lowest BCUT2D eigenvalue weighted by Crippen LogP contribution is -2.29. The van der Waals surface area contributed by atoms with Crippen LogP contribution in [0, 0.1) is 0 Å². The standard InChI is InChI=1S/C10H12O2/c1-10(2)9(11)7-5-3-4-6-8(7)12-10/h3-6,9,11H,1-2H3/t9-/m0/s1. The monoisotopic (exact) mass is 164 g/mol. The molecule has 0 bridgehead atoms. The second-order valence-corrected chi connectivity index (χ2v) is 3.65. The Bertz CT molecular complexity index is 304. The van der Waals surface area contributed by atoms with Crippen LogP contribution in [-0.2, 0) is 0 Å². The van der Waals surface area contributed by atoms with Gasteiger partial charge >= 0.3 is 0 Å². The van der Waals surface area contributed by atoms with Gasteiger partial charge in [-0.15, -0.1) is 0 Å². The van der Waals surface area contributed by atoms with Gasteiger partial charge in [0.1, 0.15) is 17.5 Å². The van der Waals surface area contributed by atoms with Crippen molar-refractivity contribution in [3.63, 3.8) is 0 Å². The minimum absolute atomic E-state index is 0.482. The Kier molecular flexibility index (Phi) is 1.42. The highest BCUT2D eigenvalue weighted by Gasteiger charge is 2.39. The summed E-state index contributed by atoms with van der Waals surface area (Å²) >= 11 is 0. The zero-order chi connectivity index (χ0) is 8.77. The van der Waals surface area contributed by atoms with E-state index in [2.05, 4.69) is 0 Å². The van der Waals surface area contributed by atoms with Gasteiger partial charge in [0.15, 0.2) is 0 Å². The van der Waals surface area contributed by atoms with Crippen LogP contribution in [0.15, 0.2) is 24.3 Å². The maximum atomic E-state index is 9.78.